The van der Waals surface area contributed by atoms with Crippen LogP contribution in [0.3, 0.4) is 0 Å². The van der Waals surface area contributed by atoms with Crippen LogP contribution in [0.2, 0.25) is 0 Å². The Hall–Kier alpha value is -6.27. The normalized spacial score (nSPS) is 13.3. The summed E-state index contributed by atoms with van der Waals surface area (Å²) in [6.45, 7) is 14.3. The third kappa shape index (κ3) is 14.8. The van der Waals surface area contributed by atoms with E-state index in [4.69, 9.17) is 9.53 Å². The van der Waals surface area contributed by atoms with E-state index >= 15 is 0 Å². The van der Waals surface area contributed by atoms with E-state index < -0.39 is 12.1 Å². The molecule has 2 atom stereocenters. The first-order valence-electron chi connectivity index (χ1n) is 20.4. The van der Waals surface area contributed by atoms with Gasteiger partial charge in [-0.1, -0.05) is 52.2 Å². The van der Waals surface area contributed by atoms with E-state index in [2.05, 4.69) is 78.4 Å². The van der Waals surface area contributed by atoms with Crippen molar-refractivity contribution in [2.24, 2.45) is 10.9 Å². The molecule has 15 heteroatoms. The first kappa shape index (κ1) is 48.1. The first-order chi connectivity index (χ1) is 29.0. The molecular formula is C45H61N9O6. The molecule has 0 bridgehead atoms. The lowest BCUT2D eigenvalue weighted by atomic mass is 10.0. The number of nitrogens with one attached hydrogen (secondary N) is 5. The van der Waals surface area contributed by atoms with E-state index in [-0.39, 0.29) is 23.8 Å². The number of alkyl carbamates (subject to hydrolysis) is 1. The van der Waals surface area contributed by atoms with Gasteiger partial charge in [-0.25, -0.2) is 14.8 Å². The Balaban J connectivity index is 0.00000128. The topological polar surface area (TPSA) is 192 Å². The number of amides is 3. The fourth-order valence-electron chi connectivity index (χ4n) is 6.42. The van der Waals surface area contributed by atoms with Gasteiger partial charge in [0.1, 0.15) is 17.6 Å². The number of anilines is 1. The third-order valence-corrected chi connectivity index (χ3v) is 9.37. The summed E-state index contributed by atoms with van der Waals surface area (Å²) in [5.74, 6) is 7.12. The number of nitrogens with zero attached hydrogens (tertiary/aromatic N) is 4. The number of rotatable bonds is 16. The number of likely N-dealkylation sites (N-methyl/N-ethyl adjacent to an activating group) is 1. The molecule has 0 radical (unpaired) electrons. The second kappa shape index (κ2) is 26.0. The zero-order chi connectivity index (χ0) is 43.9. The highest BCUT2D eigenvalue weighted by molar-refractivity contribution is 6.00. The minimum absolute atomic E-state index is 0.00160. The Morgan fingerprint density at radius 1 is 1.07 bits per heavy atom. The van der Waals surface area contributed by atoms with Crippen LogP contribution in [0.4, 0.5) is 16.2 Å². The molecule has 5 rings (SSSR count). The quantitative estimate of drug-likeness (QED) is 0.0388. The van der Waals surface area contributed by atoms with Gasteiger partial charge in [0.05, 0.1) is 44.0 Å². The number of unbranched alkanes of at least 4 members (excludes halogenated alkanes) is 1. The average Bonchev–Trinajstić information content (AvgIpc) is 3.94. The number of aromatic amines is 1. The van der Waals surface area contributed by atoms with Crippen molar-refractivity contribution in [3.8, 4) is 23.1 Å². The lowest BCUT2D eigenvalue weighted by molar-refractivity contribution is -0.135. The second-order valence-electron chi connectivity index (χ2n) is 14.4. The SMILES string of the molecule is C=Nc1ccc2cc(C#Cc3ccc(-c4cnc(CCCCNC(=O)CNC)[nH]4)cn3)ccc2c1NCC1CCCN1C(=O)C(NC(=O)OC)C(C)C.CCC.COC=O. The summed E-state index contributed by atoms with van der Waals surface area (Å²) >= 11 is 0. The summed E-state index contributed by atoms with van der Waals surface area (Å²) in [5.41, 5.74) is 4.88. The Morgan fingerprint density at radius 3 is 2.48 bits per heavy atom. The summed E-state index contributed by atoms with van der Waals surface area (Å²) in [7, 11) is 4.36. The van der Waals surface area contributed by atoms with Gasteiger partial charge >= 0.3 is 6.09 Å². The van der Waals surface area contributed by atoms with Gasteiger partial charge in [0.25, 0.3) is 6.47 Å². The molecule has 15 nitrogen and oxygen atoms in total. The van der Waals surface area contributed by atoms with Crippen molar-refractivity contribution in [3.63, 3.8) is 0 Å². The minimum atomic E-state index is -0.666. The number of imidazole rings is 1. The molecule has 5 N–H and O–H groups in total. The van der Waals surface area contributed by atoms with Crippen molar-refractivity contribution < 1.29 is 28.7 Å². The van der Waals surface area contributed by atoms with Gasteiger partial charge < -0.3 is 40.6 Å². The molecule has 1 aliphatic heterocycles. The molecule has 0 spiro atoms. The van der Waals surface area contributed by atoms with Gasteiger partial charge in [-0.15, -0.1) is 0 Å². The standard InChI is InChI=1S/C40H49N9O4.C3H8.C2H4O2/c1-26(2)37(48-40(52)53-5)39(51)49-20-8-9-31(49)23-46-38-32-17-12-27(21-28(32)14-18-33(38)42-4)11-15-30-16-13-29(22-44-30)34-24-45-35(47-34)10-6-7-19-43-36(50)25-41-3;1-3-2;1-4-2-3/h12-14,16-18,21-22,24,26,31,37,41,46H,4,6-10,19-20,23,25H2,1-3,5H3,(H,43,50)(H,45,47)(H,48,52);3H2,1-2H3;2H,1H3. The minimum Gasteiger partial charge on any atom is -0.471 e. The van der Waals surface area contributed by atoms with Crippen molar-refractivity contribution in [3.05, 3.63) is 71.9 Å². The summed E-state index contributed by atoms with van der Waals surface area (Å²) in [6, 6.07) is 13.1. The van der Waals surface area contributed by atoms with E-state index in [1.165, 1.54) is 20.6 Å². The third-order valence-electron chi connectivity index (χ3n) is 9.37. The number of likely N-dealkylation sites (tertiary alicyclic amines) is 1. The number of aliphatic imine (C=N–C) groups is 1. The number of fused-ring (bicyclic) bond motifs is 1. The number of aryl methyl sites for hydroxylation is 1. The molecule has 1 saturated heterocycles. The van der Waals surface area contributed by atoms with Crippen LogP contribution in [-0.2, 0) is 30.3 Å². The van der Waals surface area contributed by atoms with Crippen LogP contribution in [0.5, 0.6) is 0 Å². The number of ether oxygens (including phenoxy) is 2. The van der Waals surface area contributed by atoms with Gasteiger partial charge in [-0.2, -0.15) is 0 Å². The number of methoxy groups -OCH3 is 2. The van der Waals surface area contributed by atoms with Crippen molar-refractivity contribution in [2.75, 3.05) is 52.8 Å². The van der Waals surface area contributed by atoms with E-state index in [1.807, 2.05) is 67.4 Å². The van der Waals surface area contributed by atoms with E-state index in [0.717, 1.165) is 76.9 Å². The molecular weight excluding hydrogens is 763 g/mol. The fraction of sp³-hybridized carbons (Fsp3) is 0.444. The van der Waals surface area contributed by atoms with Crippen LogP contribution >= 0.6 is 0 Å². The maximum absolute atomic E-state index is 13.5. The van der Waals surface area contributed by atoms with Crippen LogP contribution in [0, 0.1) is 17.8 Å². The summed E-state index contributed by atoms with van der Waals surface area (Å²) in [4.78, 5) is 64.5. The Kier molecular flexibility index (Phi) is 20.8. The summed E-state index contributed by atoms with van der Waals surface area (Å²) in [5, 5.41) is 14.0. The maximum atomic E-state index is 13.5. The van der Waals surface area contributed by atoms with Gasteiger partial charge in [0, 0.05) is 54.8 Å². The smallest absolute Gasteiger partial charge is 0.407 e. The predicted molar refractivity (Wildman–Crippen MR) is 237 cm³/mol. The molecule has 0 saturated carbocycles. The molecule has 2 aromatic carbocycles. The highest BCUT2D eigenvalue weighted by atomic mass is 16.5. The van der Waals surface area contributed by atoms with Crippen LogP contribution in [0.1, 0.15) is 76.9 Å². The van der Waals surface area contributed by atoms with Crippen molar-refractivity contribution >= 4 is 53.2 Å². The number of aromatic nitrogens is 3. The van der Waals surface area contributed by atoms with Crippen LogP contribution in [0.25, 0.3) is 22.0 Å². The molecule has 0 aliphatic carbocycles. The first-order valence-corrected chi connectivity index (χ1v) is 20.4. The lowest BCUT2D eigenvalue weighted by Gasteiger charge is -2.31. The lowest BCUT2D eigenvalue weighted by Crippen LogP contribution is -2.53. The van der Waals surface area contributed by atoms with Crippen molar-refractivity contribution in [1.29, 1.82) is 0 Å². The number of H-pyrrole nitrogens is 1. The number of pyridine rings is 1. The zero-order valence-electron chi connectivity index (χ0n) is 36.0. The number of carbonyl (C=O) groups is 4. The molecule has 1 fully saturated rings. The van der Waals surface area contributed by atoms with E-state index in [1.54, 1.807) is 13.2 Å². The molecule has 1 aliphatic rings. The van der Waals surface area contributed by atoms with E-state index in [0.29, 0.717) is 38.3 Å². The number of benzene rings is 2. The Morgan fingerprint density at radius 2 is 1.83 bits per heavy atom. The van der Waals surface area contributed by atoms with Crippen LogP contribution in [0.15, 0.2) is 59.9 Å². The monoisotopic (exact) mass is 823 g/mol. The van der Waals surface area contributed by atoms with Gasteiger partial charge in [-0.05, 0) is 87.0 Å². The van der Waals surface area contributed by atoms with Gasteiger partial charge in [0.2, 0.25) is 11.8 Å². The highest BCUT2D eigenvalue weighted by Gasteiger charge is 2.35. The predicted octanol–water partition coefficient (Wildman–Crippen LogP) is 6.00. The highest BCUT2D eigenvalue weighted by Crippen LogP contribution is 2.34. The maximum Gasteiger partial charge on any atom is 0.407 e. The molecule has 4 aromatic rings. The van der Waals surface area contributed by atoms with Crippen molar-refractivity contribution in [2.45, 2.75) is 78.3 Å². The largest absolute Gasteiger partial charge is 0.471 e. The molecule has 2 unspecified atom stereocenters. The summed E-state index contributed by atoms with van der Waals surface area (Å²) < 4.78 is 8.62. The summed E-state index contributed by atoms with van der Waals surface area (Å²) in [6.07, 6.45) is 8.56. The Labute approximate surface area is 353 Å². The molecule has 60 heavy (non-hydrogen) atoms. The van der Waals surface area contributed by atoms with E-state index in [9.17, 15) is 14.4 Å². The van der Waals surface area contributed by atoms with Crippen molar-refractivity contribution in [1.82, 2.24) is 35.8 Å². The number of hydrogen-bond donors (Lipinski definition) is 5. The Bertz CT molecular complexity index is 2060. The second-order valence-corrected chi connectivity index (χ2v) is 14.4. The van der Waals surface area contributed by atoms with Crippen LogP contribution in [-0.4, -0.2) is 110 Å². The zero-order valence-corrected chi connectivity index (χ0v) is 36.0. The molecule has 3 heterocycles. The van der Waals surface area contributed by atoms with Crippen LogP contribution < -0.4 is 21.3 Å². The molecule has 2 aromatic heterocycles. The number of hydrogen-bond acceptors (Lipinski definition) is 11. The van der Waals surface area contributed by atoms with Gasteiger partial charge in [-0.3, -0.25) is 19.4 Å². The molecule has 322 valence electrons. The van der Waals surface area contributed by atoms with Gasteiger partial charge in [0.15, 0.2) is 0 Å². The molecule has 3 amide bonds. The number of carbonyl (C=O) groups excluding carboxylic acids is 4. The fourth-order valence-corrected chi connectivity index (χ4v) is 6.42. The average molecular weight is 824 g/mol.